The van der Waals surface area contributed by atoms with Crippen LogP contribution in [0.3, 0.4) is 0 Å². The van der Waals surface area contributed by atoms with Crippen LogP contribution in [0.4, 0.5) is 5.69 Å². The van der Waals surface area contributed by atoms with Crippen molar-refractivity contribution in [2.45, 2.75) is 13.5 Å². The number of hydrogen-bond donors (Lipinski definition) is 1. The standard InChI is InChI=1S/C15H16N6O2/c1-11-3-5-12(6-4-11)18-14(22)8-20(2)15(23)9-21-10-17-13(7-16)19-21/h3-6,10H,8-9H2,1-2H3,(H,18,22). The van der Waals surface area contributed by atoms with Crippen molar-refractivity contribution in [3.8, 4) is 6.07 Å². The van der Waals surface area contributed by atoms with Crippen LogP contribution in [0, 0.1) is 18.3 Å². The van der Waals surface area contributed by atoms with E-state index in [0.29, 0.717) is 5.69 Å². The molecule has 0 spiro atoms. The maximum absolute atomic E-state index is 12.0. The molecule has 0 aliphatic rings. The first kappa shape index (κ1) is 16.2. The fourth-order valence-electron chi connectivity index (χ4n) is 1.82. The molecule has 1 aromatic carbocycles. The van der Waals surface area contributed by atoms with Crippen molar-refractivity contribution >= 4 is 17.5 Å². The van der Waals surface area contributed by atoms with Crippen LogP contribution in [0.5, 0.6) is 0 Å². The maximum atomic E-state index is 12.0. The molecule has 2 amide bonds. The normalized spacial score (nSPS) is 9.96. The van der Waals surface area contributed by atoms with Gasteiger partial charge in [0.25, 0.3) is 5.82 Å². The average molecular weight is 312 g/mol. The van der Waals surface area contributed by atoms with Crippen LogP contribution < -0.4 is 5.32 Å². The molecule has 0 atom stereocenters. The number of carbonyl (C=O) groups is 2. The minimum Gasteiger partial charge on any atom is -0.335 e. The van der Waals surface area contributed by atoms with Crippen LogP contribution in [-0.2, 0) is 16.1 Å². The average Bonchev–Trinajstić information content (AvgIpc) is 2.97. The van der Waals surface area contributed by atoms with Crippen LogP contribution in [-0.4, -0.2) is 45.1 Å². The van der Waals surface area contributed by atoms with Crippen molar-refractivity contribution in [1.29, 1.82) is 5.26 Å². The lowest BCUT2D eigenvalue weighted by molar-refractivity contribution is -0.134. The zero-order valence-electron chi connectivity index (χ0n) is 12.9. The van der Waals surface area contributed by atoms with E-state index < -0.39 is 0 Å². The number of rotatable bonds is 5. The van der Waals surface area contributed by atoms with Crippen LogP contribution >= 0.6 is 0 Å². The lowest BCUT2D eigenvalue weighted by Gasteiger charge is -2.16. The second kappa shape index (κ2) is 7.17. The van der Waals surface area contributed by atoms with E-state index in [-0.39, 0.29) is 30.7 Å². The number of aryl methyl sites for hydroxylation is 1. The number of benzene rings is 1. The number of anilines is 1. The van der Waals surface area contributed by atoms with Crippen molar-refractivity contribution in [2.24, 2.45) is 0 Å². The highest BCUT2D eigenvalue weighted by atomic mass is 16.2. The van der Waals surface area contributed by atoms with E-state index in [9.17, 15) is 9.59 Å². The highest BCUT2D eigenvalue weighted by molar-refractivity contribution is 5.94. The van der Waals surface area contributed by atoms with Gasteiger partial charge in [0.15, 0.2) is 0 Å². The van der Waals surface area contributed by atoms with E-state index in [2.05, 4.69) is 15.4 Å². The molecule has 0 bridgehead atoms. The Bertz CT molecular complexity index is 744. The third kappa shape index (κ3) is 4.64. The summed E-state index contributed by atoms with van der Waals surface area (Å²) in [6.07, 6.45) is 1.30. The summed E-state index contributed by atoms with van der Waals surface area (Å²) >= 11 is 0. The first-order valence-electron chi connectivity index (χ1n) is 6.88. The Hall–Kier alpha value is -3.21. The number of carbonyl (C=O) groups excluding carboxylic acids is 2. The number of hydrogen-bond acceptors (Lipinski definition) is 5. The zero-order chi connectivity index (χ0) is 16.8. The molecular formula is C15H16N6O2. The lowest BCUT2D eigenvalue weighted by atomic mass is 10.2. The number of amides is 2. The fraction of sp³-hybridized carbons (Fsp3) is 0.267. The van der Waals surface area contributed by atoms with Gasteiger partial charge in [0.1, 0.15) is 18.9 Å². The SMILES string of the molecule is Cc1ccc(NC(=O)CN(C)C(=O)Cn2cnc(C#N)n2)cc1. The van der Waals surface area contributed by atoms with Crippen LogP contribution in [0.15, 0.2) is 30.6 Å². The van der Waals surface area contributed by atoms with Crippen LogP contribution in [0.25, 0.3) is 0 Å². The second-order valence-corrected chi connectivity index (χ2v) is 5.04. The first-order valence-corrected chi connectivity index (χ1v) is 6.88. The summed E-state index contributed by atoms with van der Waals surface area (Å²) < 4.78 is 1.26. The van der Waals surface area contributed by atoms with Crippen molar-refractivity contribution < 1.29 is 9.59 Å². The summed E-state index contributed by atoms with van der Waals surface area (Å²) in [4.78, 5) is 28.9. The van der Waals surface area contributed by atoms with Gasteiger partial charge in [-0.3, -0.25) is 9.59 Å². The summed E-state index contributed by atoms with van der Waals surface area (Å²) in [7, 11) is 1.53. The topological polar surface area (TPSA) is 104 Å². The Morgan fingerprint density at radius 1 is 1.35 bits per heavy atom. The molecule has 0 saturated heterocycles. The van der Waals surface area contributed by atoms with E-state index in [0.717, 1.165) is 5.56 Å². The van der Waals surface area contributed by atoms with Gasteiger partial charge in [-0.25, -0.2) is 9.67 Å². The Balaban J connectivity index is 1.86. The minimum absolute atomic E-state index is 0.00225. The molecule has 0 fully saturated rings. The predicted octanol–water partition coefficient (Wildman–Crippen LogP) is 0.555. The van der Waals surface area contributed by atoms with Gasteiger partial charge >= 0.3 is 0 Å². The number of nitriles is 1. The van der Waals surface area contributed by atoms with Gasteiger partial charge in [-0.15, -0.1) is 5.10 Å². The summed E-state index contributed by atoms with van der Waals surface area (Å²) in [5.74, 6) is -0.600. The molecule has 0 radical (unpaired) electrons. The molecule has 2 aromatic rings. The summed E-state index contributed by atoms with van der Waals surface area (Å²) in [6.45, 7) is 1.80. The quantitative estimate of drug-likeness (QED) is 0.868. The zero-order valence-corrected chi connectivity index (χ0v) is 12.9. The molecule has 8 nitrogen and oxygen atoms in total. The smallest absolute Gasteiger partial charge is 0.252 e. The molecule has 118 valence electrons. The van der Waals surface area contributed by atoms with Gasteiger partial charge in [0.05, 0.1) is 6.54 Å². The number of nitrogens with one attached hydrogen (secondary N) is 1. The highest BCUT2D eigenvalue weighted by Gasteiger charge is 2.14. The minimum atomic E-state index is -0.307. The largest absolute Gasteiger partial charge is 0.335 e. The Morgan fingerprint density at radius 3 is 2.65 bits per heavy atom. The molecule has 0 aliphatic carbocycles. The molecule has 23 heavy (non-hydrogen) atoms. The van der Waals surface area contributed by atoms with Crippen molar-refractivity contribution in [3.05, 3.63) is 42.0 Å². The van der Waals surface area contributed by atoms with E-state index in [4.69, 9.17) is 5.26 Å². The van der Waals surface area contributed by atoms with Crippen LogP contribution in [0.2, 0.25) is 0 Å². The van der Waals surface area contributed by atoms with Crippen LogP contribution in [0.1, 0.15) is 11.4 Å². The van der Waals surface area contributed by atoms with E-state index in [1.165, 1.54) is 23.0 Å². The monoisotopic (exact) mass is 312 g/mol. The summed E-state index contributed by atoms with van der Waals surface area (Å²) in [5, 5.41) is 15.2. The van der Waals surface area contributed by atoms with Gasteiger partial charge in [-0.05, 0) is 19.1 Å². The molecule has 0 unspecified atom stereocenters. The summed E-state index contributed by atoms with van der Waals surface area (Å²) in [6, 6.07) is 9.16. The van der Waals surface area contributed by atoms with E-state index in [1.807, 2.05) is 19.1 Å². The molecule has 1 heterocycles. The fourth-order valence-corrected chi connectivity index (χ4v) is 1.82. The third-order valence-corrected chi connectivity index (χ3v) is 3.08. The van der Waals surface area contributed by atoms with Gasteiger partial charge in [-0.1, -0.05) is 17.7 Å². The van der Waals surface area contributed by atoms with Gasteiger partial charge in [-0.2, -0.15) is 5.26 Å². The third-order valence-electron chi connectivity index (χ3n) is 3.08. The molecule has 2 rings (SSSR count). The molecule has 1 N–H and O–H groups in total. The Labute approximate surface area is 133 Å². The lowest BCUT2D eigenvalue weighted by Crippen LogP contribution is -2.37. The van der Waals surface area contributed by atoms with E-state index in [1.54, 1.807) is 18.2 Å². The van der Waals surface area contributed by atoms with Gasteiger partial charge in [0, 0.05) is 12.7 Å². The maximum Gasteiger partial charge on any atom is 0.252 e. The first-order chi connectivity index (χ1) is 11.0. The molecule has 0 saturated carbocycles. The van der Waals surface area contributed by atoms with Crippen molar-refractivity contribution in [2.75, 3.05) is 18.9 Å². The number of likely N-dealkylation sites (N-methyl/N-ethyl adjacent to an activating group) is 1. The molecule has 1 aromatic heterocycles. The molecule has 8 heteroatoms. The van der Waals surface area contributed by atoms with Gasteiger partial charge in [0.2, 0.25) is 11.8 Å². The molecule has 0 aliphatic heterocycles. The number of nitrogens with zero attached hydrogens (tertiary/aromatic N) is 5. The second-order valence-electron chi connectivity index (χ2n) is 5.04. The van der Waals surface area contributed by atoms with Crippen molar-refractivity contribution in [3.63, 3.8) is 0 Å². The Kier molecular flexibility index (Phi) is 5.04. The summed E-state index contributed by atoms with van der Waals surface area (Å²) in [5.41, 5.74) is 1.77. The van der Waals surface area contributed by atoms with Crippen molar-refractivity contribution in [1.82, 2.24) is 19.7 Å². The Morgan fingerprint density at radius 2 is 2.04 bits per heavy atom. The van der Waals surface area contributed by atoms with E-state index >= 15 is 0 Å². The highest BCUT2D eigenvalue weighted by Crippen LogP contribution is 2.08. The molecular weight excluding hydrogens is 296 g/mol. The number of aromatic nitrogens is 3. The predicted molar refractivity (Wildman–Crippen MR) is 82.2 cm³/mol. The van der Waals surface area contributed by atoms with Gasteiger partial charge < -0.3 is 10.2 Å².